The van der Waals surface area contributed by atoms with Crippen LogP contribution in [0.1, 0.15) is 84.5 Å². The Hall–Kier alpha value is -0.0800. The predicted molar refractivity (Wildman–Crippen MR) is 85.4 cm³/mol. The fraction of sp³-hybridized carbons (Fsp3) is 1.00. The average molecular weight is 268 g/mol. The molecule has 1 atom stereocenters. The first-order valence-electron chi connectivity index (χ1n) is 8.69. The standard InChI is InChI=1S/C17H36N2/c1-15(2)17(18)14-19-16-12-10-8-6-4-3-5-7-9-11-13-16/h15-17,19H,3-14,18H2,1-2H3. The van der Waals surface area contributed by atoms with Crippen LogP contribution in [-0.2, 0) is 0 Å². The van der Waals surface area contributed by atoms with Gasteiger partial charge in [0.25, 0.3) is 0 Å². The van der Waals surface area contributed by atoms with Crippen LogP contribution in [0.3, 0.4) is 0 Å². The molecule has 0 saturated heterocycles. The summed E-state index contributed by atoms with van der Waals surface area (Å²) in [5.41, 5.74) is 6.14. The molecule has 1 rings (SSSR count). The maximum absolute atomic E-state index is 6.14. The van der Waals surface area contributed by atoms with Crippen molar-refractivity contribution in [2.45, 2.75) is 96.6 Å². The lowest BCUT2D eigenvalue weighted by Gasteiger charge is -2.23. The van der Waals surface area contributed by atoms with Gasteiger partial charge in [0.05, 0.1) is 0 Å². The van der Waals surface area contributed by atoms with Gasteiger partial charge in [0.2, 0.25) is 0 Å². The lowest BCUT2D eigenvalue weighted by Crippen LogP contribution is -2.42. The lowest BCUT2D eigenvalue weighted by molar-refractivity contribution is 0.370. The average Bonchev–Trinajstić information content (AvgIpc) is 2.37. The third kappa shape index (κ3) is 8.65. The molecular weight excluding hydrogens is 232 g/mol. The van der Waals surface area contributed by atoms with Crippen molar-refractivity contribution in [1.29, 1.82) is 0 Å². The van der Waals surface area contributed by atoms with Crippen LogP contribution in [0.2, 0.25) is 0 Å². The van der Waals surface area contributed by atoms with E-state index in [0.717, 1.165) is 6.54 Å². The Balaban J connectivity index is 2.26. The summed E-state index contributed by atoms with van der Waals surface area (Å²) in [5, 5.41) is 3.73. The van der Waals surface area contributed by atoms with Crippen molar-refractivity contribution in [2.75, 3.05) is 6.54 Å². The molecule has 1 saturated carbocycles. The third-order valence-electron chi connectivity index (χ3n) is 4.60. The van der Waals surface area contributed by atoms with Gasteiger partial charge in [-0.1, -0.05) is 71.6 Å². The van der Waals surface area contributed by atoms with E-state index in [9.17, 15) is 0 Å². The van der Waals surface area contributed by atoms with E-state index < -0.39 is 0 Å². The van der Waals surface area contributed by atoms with Crippen LogP contribution < -0.4 is 11.1 Å². The van der Waals surface area contributed by atoms with Gasteiger partial charge in [0.15, 0.2) is 0 Å². The molecule has 0 bridgehead atoms. The number of rotatable bonds is 4. The van der Waals surface area contributed by atoms with Crippen molar-refractivity contribution in [2.24, 2.45) is 11.7 Å². The molecule has 2 nitrogen and oxygen atoms in total. The summed E-state index contributed by atoms with van der Waals surface area (Å²) in [5.74, 6) is 0.582. The van der Waals surface area contributed by atoms with Gasteiger partial charge in [0.1, 0.15) is 0 Å². The van der Waals surface area contributed by atoms with Crippen LogP contribution in [0, 0.1) is 5.92 Å². The van der Waals surface area contributed by atoms with E-state index in [1.165, 1.54) is 70.6 Å². The maximum atomic E-state index is 6.14. The highest BCUT2D eigenvalue weighted by Gasteiger charge is 2.12. The van der Waals surface area contributed by atoms with Crippen molar-refractivity contribution >= 4 is 0 Å². The van der Waals surface area contributed by atoms with Crippen LogP contribution in [0.25, 0.3) is 0 Å². The Morgan fingerprint density at radius 1 is 0.842 bits per heavy atom. The van der Waals surface area contributed by atoms with Crippen LogP contribution in [0.5, 0.6) is 0 Å². The molecule has 19 heavy (non-hydrogen) atoms. The number of hydrogen-bond acceptors (Lipinski definition) is 2. The second kappa shape index (κ2) is 10.7. The highest BCUT2D eigenvalue weighted by Crippen LogP contribution is 2.17. The summed E-state index contributed by atoms with van der Waals surface area (Å²) in [4.78, 5) is 0. The van der Waals surface area contributed by atoms with Gasteiger partial charge in [-0.25, -0.2) is 0 Å². The molecule has 0 aromatic rings. The normalized spacial score (nSPS) is 22.7. The first kappa shape index (κ1) is 17.0. The van der Waals surface area contributed by atoms with E-state index in [-0.39, 0.29) is 0 Å². The summed E-state index contributed by atoms with van der Waals surface area (Å²) in [7, 11) is 0. The van der Waals surface area contributed by atoms with Gasteiger partial charge in [-0.2, -0.15) is 0 Å². The van der Waals surface area contributed by atoms with Gasteiger partial charge in [-0.05, 0) is 18.8 Å². The largest absolute Gasteiger partial charge is 0.326 e. The van der Waals surface area contributed by atoms with E-state index >= 15 is 0 Å². The van der Waals surface area contributed by atoms with Crippen LogP contribution in [0.15, 0.2) is 0 Å². The van der Waals surface area contributed by atoms with Crippen LogP contribution in [0.4, 0.5) is 0 Å². The van der Waals surface area contributed by atoms with Crippen molar-refractivity contribution in [3.05, 3.63) is 0 Å². The minimum absolute atomic E-state index is 0.307. The zero-order valence-electron chi connectivity index (χ0n) is 13.3. The van der Waals surface area contributed by atoms with E-state index in [1.807, 2.05) is 0 Å². The molecule has 0 aromatic heterocycles. The molecule has 114 valence electrons. The van der Waals surface area contributed by atoms with E-state index in [4.69, 9.17) is 5.73 Å². The minimum Gasteiger partial charge on any atom is -0.326 e. The van der Waals surface area contributed by atoms with E-state index in [1.54, 1.807) is 0 Å². The SMILES string of the molecule is CC(C)C(N)CNC1CCCCCCCCCCC1. The minimum atomic E-state index is 0.307. The Kier molecular flexibility index (Phi) is 9.54. The molecule has 3 N–H and O–H groups in total. The summed E-state index contributed by atoms with van der Waals surface area (Å²) in [6.07, 6.45) is 15.6. The summed E-state index contributed by atoms with van der Waals surface area (Å²) in [6, 6.07) is 1.02. The fourth-order valence-corrected chi connectivity index (χ4v) is 2.91. The fourth-order valence-electron chi connectivity index (χ4n) is 2.91. The third-order valence-corrected chi connectivity index (χ3v) is 4.60. The molecule has 0 radical (unpaired) electrons. The number of nitrogens with one attached hydrogen (secondary N) is 1. The predicted octanol–water partition coefficient (Wildman–Crippen LogP) is 4.23. The second-order valence-corrected chi connectivity index (χ2v) is 6.77. The van der Waals surface area contributed by atoms with Crippen molar-refractivity contribution in [1.82, 2.24) is 5.32 Å². The topological polar surface area (TPSA) is 38.0 Å². The van der Waals surface area contributed by atoms with Crippen molar-refractivity contribution < 1.29 is 0 Å². The number of nitrogens with two attached hydrogens (primary N) is 1. The molecule has 0 amide bonds. The van der Waals surface area contributed by atoms with Gasteiger partial charge >= 0.3 is 0 Å². The van der Waals surface area contributed by atoms with E-state index in [0.29, 0.717) is 18.0 Å². The zero-order chi connectivity index (χ0) is 13.9. The molecule has 2 heteroatoms. The smallest absolute Gasteiger partial charge is 0.0188 e. The number of hydrogen-bond donors (Lipinski definition) is 2. The summed E-state index contributed by atoms with van der Waals surface area (Å²) < 4.78 is 0. The Labute approximate surface area is 120 Å². The van der Waals surface area contributed by atoms with E-state index in [2.05, 4.69) is 19.2 Å². The van der Waals surface area contributed by atoms with Gasteiger partial charge < -0.3 is 11.1 Å². The Morgan fingerprint density at radius 2 is 1.26 bits per heavy atom. The Morgan fingerprint density at radius 3 is 1.68 bits per heavy atom. The Bertz CT molecular complexity index is 191. The molecule has 0 aliphatic heterocycles. The summed E-state index contributed by atoms with van der Waals surface area (Å²) >= 11 is 0. The molecule has 0 heterocycles. The first-order chi connectivity index (χ1) is 9.20. The van der Waals surface area contributed by atoms with Crippen molar-refractivity contribution in [3.8, 4) is 0 Å². The van der Waals surface area contributed by atoms with Crippen LogP contribution >= 0.6 is 0 Å². The maximum Gasteiger partial charge on any atom is 0.0188 e. The van der Waals surface area contributed by atoms with Crippen LogP contribution in [-0.4, -0.2) is 18.6 Å². The zero-order valence-corrected chi connectivity index (χ0v) is 13.3. The molecule has 1 aliphatic carbocycles. The molecule has 1 unspecified atom stereocenters. The molecule has 1 fully saturated rings. The van der Waals surface area contributed by atoms with Gasteiger partial charge in [0, 0.05) is 18.6 Å². The molecule has 0 aromatic carbocycles. The monoisotopic (exact) mass is 268 g/mol. The molecular formula is C17H36N2. The highest BCUT2D eigenvalue weighted by molar-refractivity contribution is 4.74. The van der Waals surface area contributed by atoms with Gasteiger partial charge in [-0.15, -0.1) is 0 Å². The van der Waals surface area contributed by atoms with Crippen molar-refractivity contribution in [3.63, 3.8) is 0 Å². The quantitative estimate of drug-likeness (QED) is 0.800. The second-order valence-electron chi connectivity index (χ2n) is 6.77. The van der Waals surface area contributed by atoms with Gasteiger partial charge in [-0.3, -0.25) is 0 Å². The molecule has 1 aliphatic rings. The molecule has 0 spiro atoms. The lowest BCUT2D eigenvalue weighted by atomic mass is 9.97. The highest BCUT2D eigenvalue weighted by atomic mass is 14.9. The first-order valence-corrected chi connectivity index (χ1v) is 8.69. The summed E-state index contributed by atoms with van der Waals surface area (Å²) in [6.45, 7) is 5.42.